The fourth-order valence-electron chi connectivity index (χ4n) is 3.14. The average Bonchev–Trinajstić information content (AvgIpc) is 2.70. The van der Waals surface area contributed by atoms with Crippen LogP contribution in [-0.4, -0.2) is 32.0 Å². The molecule has 0 spiro atoms. The molecule has 144 valence electrons. The Balaban J connectivity index is 2.12. The van der Waals surface area contributed by atoms with Gasteiger partial charge in [-0.05, 0) is 42.2 Å². The second-order valence-corrected chi connectivity index (χ2v) is 6.29. The number of anilines is 1. The van der Waals surface area contributed by atoms with E-state index in [0.29, 0.717) is 24.4 Å². The quantitative estimate of drug-likeness (QED) is 0.774. The van der Waals surface area contributed by atoms with E-state index in [2.05, 4.69) is 31.3 Å². The average molecular weight is 368 g/mol. The van der Waals surface area contributed by atoms with Crippen molar-refractivity contribution in [3.63, 3.8) is 0 Å². The summed E-state index contributed by atoms with van der Waals surface area (Å²) >= 11 is 0. The van der Waals surface area contributed by atoms with Crippen molar-refractivity contribution in [1.82, 2.24) is 5.32 Å². The second kappa shape index (κ2) is 9.76. The molecule has 1 N–H and O–H groups in total. The number of ether oxygens (including phenoxy) is 1. The monoisotopic (exact) mass is 368 g/mol. The number of carbonyl (C=O) groups excluding carboxylic acids is 2. The lowest BCUT2D eigenvalue weighted by Gasteiger charge is -2.26. The Hall–Kier alpha value is -2.82. The molecule has 0 aliphatic rings. The van der Waals surface area contributed by atoms with Crippen molar-refractivity contribution in [2.24, 2.45) is 0 Å². The highest BCUT2D eigenvalue weighted by atomic mass is 16.5. The van der Waals surface area contributed by atoms with Gasteiger partial charge in [0.2, 0.25) is 5.91 Å². The van der Waals surface area contributed by atoms with Crippen LogP contribution in [0.3, 0.4) is 0 Å². The van der Waals surface area contributed by atoms with Crippen molar-refractivity contribution in [2.75, 3.05) is 25.1 Å². The predicted molar refractivity (Wildman–Crippen MR) is 109 cm³/mol. The van der Waals surface area contributed by atoms with Gasteiger partial charge in [0, 0.05) is 25.6 Å². The number of hydrogen-bond donors (Lipinski definition) is 1. The molecule has 0 heterocycles. The summed E-state index contributed by atoms with van der Waals surface area (Å²) in [4.78, 5) is 26.5. The number of nitrogens with one attached hydrogen (secondary N) is 1. The number of methoxy groups -OCH3 is 1. The number of para-hydroxylation sites is 1. The van der Waals surface area contributed by atoms with Gasteiger partial charge >= 0.3 is 0 Å². The summed E-state index contributed by atoms with van der Waals surface area (Å²) in [6.07, 6.45) is 1.70. The first-order chi connectivity index (χ1) is 13.0. The van der Waals surface area contributed by atoms with Gasteiger partial charge in [-0.2, -0.15) is 0 Å². The predicted octanol–water partition coefficient (Wildman–Crippen LogP) is 3.60. The number of benzene rings is 2. The van der Waals surface area contributed by atoms with Crippen LogP contribution in [-0.2, 0) is 17.6 Å². The summed E-state index contributed by atoms with van der Waals surface area (Å²) in [6.45, 7) is 6.53. The van der Waals surface area contributed by atoms with E-state index in [1.165, 1.54) is 0 Å². The topological polar surface area (TPSA) is 58.6 Å². The lowest BCUT2D eigenvalue weighted by atomic mass is 10.0. The molecular weight excluding hydrogens is 340 g/mol. The SMILES string of the molecule is CCc1cccc(CC)c1N(CCNC(=O)c1cccc(OC)c1)C(C)=O. The van der Waals surface area contributed by atoms with E-state index in [-0.39, 0.29) is 11.8 Å². The van der Waals surface area contributed by atoms with Crippen LogP contribution in [0, 0.1) is 0 Å². The van der Waals surface area contributed by atoms with Crippen LogP contribution in [0.5, 0.6) is 5.75 Å². The molecule has 0 saturated carbocycles. The third-order valence-corrected chi connectivity index (χ3v) is 4.57. The molecule has 0 unspecified atom stereocenters. The normalized spacial score (nSPS) is 10.4. The molecule has 2 rings (SSSR count). The van der Waals surface area contributed by atoms with Crippen molar-refractivity contribution in [3.8, 4) is 5.75 Å². The molecule has 0 saturated heterocycles. The molecule has 2 aromatic rings. The third kappa shape index (κ3) is 5.09. The van der Waals surface area contributed by atoms with Crippen molar-refractivity contribution in [1.29, 1.82) is 0 Å². The summed E-state index contributed by atoms with van der Waals surface area (Å²) in [5, 5.41) is 2.89. The lowest BCUT2D eigenvalue weighted by Crippen LogP contribution is -2.38. The first-order valence-corrected chi connectivity index (χ1v) is 9.32. The molecule has 5 nitrogen and oxygen atoms in total. The lowest BCUT2D eigenvalue weighted by molar-refractivity contribution is -0.116. The van der Waals surface area contributed by atoms with Crippen LogP contribution in [0.2, 0.25) is 0 Å². The smallest absolute Gasteiger partial charge is 0.251 e. The summed E-state index contributed by atoms with van der Waals surface area (Å²) in [5.41, 5.74) is 3.80. The largest absolute Gasteiger partial charge is 0.497 e. The minimum Gasteiger partial charge on any atom is -0.497 e. The number of hydrogen-bond acceptors (Lipinski definition) is 3. The fourth-order valence-corrected chi connectivity index (χ4v) is 3.14. The van der Waals surface area contributed by atoms with E-state index in [1.54, 1.807) is 43.2 Å². The van der Waals surface area contributed by atoms with Crippen LogP contribution in [0.1, 0.15) is 42.3 Å². The Morgan fingerprint density at radius 2 is 1.67 bits per heavy atom. The highest BCUT2D eigenvalue weighted by Crippen LogP contribution is 2.27. The van der Waals surface area contributed by atoms with Gasteiger partial charge in [-0.3, -0.25) is 9.59 Å². The summed E-state index contributed by atoms with van der Waals surface area (Å²) < 4.78 is 5.16. The maximum absolute atomic E-state index is 12.4. The molecule has 0 atom stereocenters. The van der Waals surface area contributed by atoms with Crippen LogP contribution in [0.15, 0.2) is 42.5 Å². The number of rotatable bonds is 8. The van der Waals surface area contributed by atoms with E-state index in [0.717, 1.165) is 29.7 Å². The molecule has 2 aromatic carbocycles. The van der Waals surface area contributed by atoms with Gasteiger partial charge in [0.05, 0.1) is 12.8 Å². The van der Waals surface area contributed by atoms with E-state index in [9.17, 15) is 9.59 Å². The van der Waals surface area contributed by atoms with Crippen LogP contribution >= 0.6 is 0 Å². The van der Waals surface area contributed by atoms with E-state index in [1.807, 2.05) is 6.07 Å². The van der Waals surface area contributed by atoms with Crippen LogP contribution < -0.4 is 15.0 Å². The standard InChI is InChI=1S/C22H28N2O3/c1-5-17-9-7-10-18(6-2)21(17)24(16(3)25)14-13-23-22(26)19-11-8-12-20(15-19)27-4/h7-12,15H,5-6,13-14H2,1-4H3,(H,23,26). The zero-order valence-corrected chi connectivity index (χ0v) is 16.5. The van der Waals surface area contributed by atoms with Crippen molar-refractivity contribution in [3.05, 3.63) is 59.2 Å². The number of carbonyl (C=O) groups is 2. The molecule has 2 amide bonds. The Kier molecular flexibility index (Phi) is 7.41. The molecule has 0 aliphatic carbocycles. The third-order valence-electron chi connectivity index (χ3n) is 4.57. The molecule has 0 aromatic heterocycles. The summed E-state index contributed by atoms with van der Waals surface area (Å²) in [6, 6.07) is 13.1. The molecule has 0 radical (unpaired) electrons. The van der Waals surface area contributed by atoms with Crippen molar-refractivity contribution in [2.45, 2.75) is 33.6 Å². The Bertz CT molecular complexity index is 780. The zero-order valence-electron chi connectivity index (χ0n) is 16.5. The highest BCUT2D eigenvalue weighted by molar-refractivity contribution is 5.95. The van der Waals surface area contributed by atoms with E-state index in [4.69, 9.17) is 4.74 Å². The zero-order chi connectivity index (χ0) is 19.8. The summed E-state index contributed by atoms with van der Waals surface area (Å²) in [7, 11) is 1.57. The minimum absolute atomic E-state index is 0.0266. The van der Waals surface area contributed by atoms with Gasteiger partial charge in [0.1, 0.15) is 5.75 Å². The van der Waals surface area contributed by atoms with Gasteiger partial charge in [-0.25, -0.2) is 0 Å². The number of amides is 2. The first-order valence-electron chi connectivity index (χ1n) is 9.32. The fraction of sp³-hybridized carbons (Fsp3) is 0.364. The second-order valence-electron chi connectivity index (χ2n) is 6.29. The Morgan fingerprint density at radius 3 is 2.22 bits per heavy atom. The van der Waals surface area contributed by atoms with Crippen molar-refractivity contribution >= 4 is 17.5 Å². The highest BCUT2D eigenvalue weighted by Gasteiger charge is 2.18. The van der Waals surface area contributed by atoms with Crippen LogP contribution in [0.25, 0.3) is 0 Å². The molecule has 0 fully saturated rings. The van der Waals surface area contributed by atoms with Gasteiger partial charge in [0.25, 0.3) is 5.91 Å². The number of aryl methyl sites for hydroxylation is 2. The maximum Gasteiger partial charge on any atom is 0.251 e. The minimum atomic E-state index is -0.183. The summed E-state index contributed by atoms with van der Waals surface area (Å²) in [5.74, 6) is 0.426. The Labute approximate surface area is 161 Å². The van der Waals surface area contributed by atoms with Gasteiger partial charge in [-0.1, -0.05) is 38.1 Å². The molecule has 27 heavy (non-hydrogen) atoms. The van der Waals surface area contributed by atoms with E-state index < -0.39 is 0 Å². The molecule has 5 heteroatoms. The molecule has 0 bridgehead atoms. The van der Waals surface area contributed by atoms with E-state index >= 15 is 0 Å². The van der Waals surface area contributed by atoms with Crippen LogP contribution in [0.4, 0.5) is 5.69 Å². The van der Waals surface area contributed by atoms with Gasteiger partial charge < -0.3 is 15.0 Å². The first kappa shape index (κ1) is 20.5. The maximum atomic E-state index is 12.4. The van der Waals surface area contributed by atoms with Gasteiger partial charge in [-0.15, -0.1) is 0 Å². The molecular formula is C22H28N2O3. The van der Waals surface area contributed by atoms with Gasteiger partial charge in [0.15, 0.2) is 0 Å². The Morgan fingerprint density at radius 1 is 1.04 bits per heavy atom. The molecule has 0 aliphatic heterocycles. The number of nitrogens with zero attached hydrogens (tertiary/aromatic N) is 1. The van der Waals surface area contributed by atoms with Crippen molar-refractivity contribution < 1.29 is 14.3 Å².